The van der Waals surface area contributed by atoms with E-state index in [9.17, 15) is 5.11 Å². The van der Waals surface area contributed by atoms with Gasteiger partial charge in [0.05, 0.1) is 17.0 Å². The average molecular weight is 307 g/mol. The summed E-state index contributed by atoms with van der Waals surface area (Å²) in [7, 11) is 2.05. The summed E-state index contributed by atoms with van der Waals surface area (Å²) in [6, 6.07) is 4.02. The van der Waals surface area contributed by atoms with E-state index in [1.54, 1.807) is 11.3 Å². The van der Waals surface area contributed by atoms with Crippen LogP contribution >= 0.6 is 11.3 Å². The molecule has 1 aliphatic carbocycles. The normalized spacial score (nSPS) is 23.8. The highest BCUT2D eigenvalue weighted by molar-refractivity contribution is 7.13. The maximum Gasteiger partial charge on any atom is 0.244 e. The van der Waals surface area contributed by atoms with Gasteiger partial charge in [-0.15, -0.1) is 11.3 Å². The fourth-order valence-corrected chi connectivity index (χ4v) is 3.51. The van der Waals surface area contributed by atoms with Crippen LogP contribution in [0.4, 0.5) is 0 Å². The number of aliphatic hydroxyl groups excluding tert-OH is 1. The Kier molecular flexibility index (Phi) is 4.37. The number of aliphatic hydroxyl groups is 1. The summed E-state index contributed by atoms with van der Waals surface area (Å²) in [4.78, 5) is 7.70. The molecule has 6 heteroatoms. The highest BCUT2D eigenvalue weighted by Crippen LogP contribution is 2.29. The van der Waals surface area contributed by atoms with Crippen molar-refractivity contribution < 1.29 is 9.63 Å². The molecular weight excluding hydrogens is 286 g/mol. The Morgan fingerprint density at radius 3 is 3.05 bits per heavy atom. The summed E-state index contributed by atoms with van der Waals surface area (Å²) >= 11 is 1.60. The summed E-state index contributed by atoms with van der Waals surface area (Å²) in [5, 5.41) is 16.0. The van der Waals surface area contributed by atoms with Crippen molar-refractivity contribution >= 4 is 11.3 Å². The number of aromatic nitrogens is 2. The molecule has 1 fully saturated rings. The molecule has 0 aromatic carbocycles. The molecule has 3 atom stereocenters. The molecular formula is C15H21N3O2S. The number of hydrogen-bond donors (Lipinski definition) is 1. The van der Waals surface area contributed by atoms with Crippen LogP contribution in [0.5, 0.6) is 0 Å². The van der Waals surface area contributed by atoms with Crippen molar-refractivity contribution in [3.8, 4) is 10.7 Å². The minimum absolute atomic E-state index is 0.0546. The summed E-state index contributed by atoms with van der Waals surface area (Å²) in [5.41, 5.74) is 0. The first kappa shape index (κ1) is 14.7. The van der Waals surface area contributed by atoms with Crippen molar-refractivity contribution in [1.29, 1.82) is 0 Å². The van der Waals surface area contributed by atoms with Gasteiger partial charge in [-0.25, -0.2) is 0 Å². The predicted octanol–water partition coefficient (Wildman–Crippen LogP) is 2.95. The van der Waals surface area contributed by atoms with Gasteiger partial charge < -0.3 is 9.63 Å². The topological polar surface area (TPSA) is 62.4 Å². The van der Waals surface area contributed by atoms with E-state index < -0.39 is 0 Å². The molecule has 3 rings (SSSR count). The van der Waals surface area contributed by atoms with Crippen molar-refractivity contribution in [1.82, 2.24) is 15.0 Å². The van der Waals surface area contributed by atoms with E-state index >= 15 is 0 Å². The summed E-state index contributed by atoms with van der Waals surface area (Å²) in [6.45, 7) is 2.92. The number of hydrogen-bond acceptors (Lipinski definition) is 6. The zero-order valence-electron chi connectivity index (χ0n) is 12.4. The zero-order valence-corrected chi connectivity index (χ0v) is 13.2. The van der Waals surface area contributed by atoms with Gasteiger partial charge in [-0.2, -0.15) is 4.98 Å². The van der Waals surface area contributed by atoms with Gasteiger partial charge in [-0.05, 0) is 44.2 Å². The second-order valence-electron chi connectivity index (χ2n) is 5.81. The second-order valence-corrected chi connectivity index (χ2v) is 6.76. The zero-order chi connectivity index (χ0) is 14.8. The highest BCUT2D eigenvalue weighted by atomic mass is 32.1. The molecule has 21 heavy (non-hydrogen) atoms. The van der Waals surface area contributed by atoms with E-state index in [-0.39, 0.29) is 12.1 Å². The van der Waals surface area contributed by atoms with E-state index in [1.807, 2.05) is 24.6 Å². The first-order valence-electron chi connectivity index (χ1n) is 7.41. The fraction of sp³-hybridized carbons (Fsp3) is 0.600. The Morgan fingerprint density at radius 2 is 2.38 bits per heavy atom. The van der Waals surface area contributed by atoms with Crippen LogP contribution in [-0.4, -0.2) is 39.8 Å². The largest absolute Gasteiger partial charge is 0.393 e. The van der Waals surface area contributed by atoms with E-state index in [4.69, 9.17) is 4.52 Å². The minimum atomic E-state index is -0.163. The predicted molar refractivity (Wildman–Crippen MR) is 82.0 cm³/mol. The number of nitrogens with zero attached hydrogens (tertiary/aromatic N) is 3. The van der Waals surface area contributed by atoms with Crippen LogP contribution in [0.15, 0.2) is 22.0 Å². The molecule has 1 saturated carbocycles. The molecule has 0 saturated heterocycles. The third-order valence-electron chi connectivity index (χ3n) is 4.34. The van der Waals surface area contributed by atoms with Crippen molar-refractivity contribution in [2.75, 3.05) is 13.6 Å². The van der Waals surface area contributed by atoms with Crippen LogP contribution in [0.2, 0.25) is 0 Å². The Hall–Kier alpha value is -1.24. The molecule has 1 N–H and O–H groups in total. The third-order valence-corrected chi connectivity index (χ3v) is 5.21. The molecule has 3 unspecified atom stereocenters. The third kappa shape index (κ3) is 3.17. The van der Waals surface area contributed by atoms with Crippen molar-refractivity contribution in [3.05, 3.63) is 23.4 Å². The summed E-state index contributed by atoms with van der Waals surface area (Å²) in [5.74, 6) is 1.65. The molecule has 0 bridgehead atoms. The van der Waals surface area contributed by atoms with Crippen LogP contribution in [0.25, 0.3) is 10.7 Å². The van der Waals surface area contributed by atoms with Gasteiger partial charge in [-0.1, -0.05) is 17.6 Å². The van der Waals surface area contributed by atoms with Gasteiger partial charge in [0.15, 0.2) is 0 Å². The van der Waals surface area contributed by atoms with Gasteiger partial charge >= 0.3 is 0 Å². The Balaban J connectivity index is 1.65. The highest BCUT2D eigenvalue weighted by Gasteiger charge is 2.29. The second kappa shape index (κ2) is 6.25. The lowest BCUT2D eigenvalue weighted by Crippen LogP contribution is -2.32. The van der Waals surface area contributed by atoms with E-state index in [2.05, 4.69) is 22.0 Å². The molecule has 0 amide bonds. The van der Waals surface area contributed by atoms with E-state index in [0.29, 0.717) is 17.6 Å². The smallest absolute Gasteiger partial charge is 0.244 e. The van der Waals surface area contributed by atoms with Gasteiger partial charge in [-0.3, -0.25) is 4.90 Å². The Morgan fingerprint density at radius 1 is 1.52 bits per heavy atom. The van der Waals surface area contributed by atoms with Crippen molar-refractivity contribution in [2.45, 2.75) is 38.3 Å². The number of rotatable bonds is 5. The van der Waals surface area contributed by atoms with Crippen molar-refractivity contribution in [3.63, 3.8) is 0 Å². The minimum Gasteiger partial charge on any atom is -0.393 e. The molecule has 2 aromatic rings. The van der Waals surface area contributed by atoms with Crippen LogP contribution in [0, 0.1) is 5.92 Å². The lowest BCUT2D eigenvalue weighted by atomic mass is 10.0. The Bertz CT molecular complexity index is 569. The fourth-order valence-electron chi connectivity index (χ4n) is 2.86. The van der Waals surface area contributed by atoms with Gasteiger partial charge in [0.2, 0.25) is 11.7 Å². The molecule has 0 aliphatic heterocycles. The Labute approximate surface area is 128 Å². The molecule has 0 spiro atoms. The molecule has 5 nitrogen and oxygen atoms in total. The monoisotopic (exact) mass is 307 g/mol. The number of thiophene rings is 1. The first-order chi connectivity index (χ1) is 10.1. The molecule has 2 aromatic heterocycles. The lowest BCUT2D eigenvalue weighted by molar-refractivity contribution is 0.0930. The maximum atomic E-state index is 9.94. The van der Waals surface area contributed by atoms with Gasteiger partial charge in [0, 0.05) is 6.54 Å². The van der Waals surface area contributed by atoms with Gasteiger partial charge in [0.25, 0.3) is 0 Å². The molecule has 114 valence electrons. The summed E-state index contributed by atoms with van der Waals surface area (Å²) < 4.78 is 5.40. The van der Waals surface area contributed by atoms with E-state index in [1.165, 1.54) is 0 Å². The molecule has 1 aliphatic rings. The van der Waals surface area contributed by atoms with Crippen LogP contribution in [-0.2, 0) is 0 Å². The van der Waals surface area contributed by atoms with Crippen LogP contribution in [0.3, 0.4) is 0 Å². The van der Waals surface area contributed by atoms with Crippen LogP contribution < -0.4 is 0 Å². The SMILES string of the molecule is CC(c1nc(-c2cccs2)no1)N(C)CC1CCCC1O. The average Bonchev–Trinajstić information content (AvgIpc) is 3.18. The standard InChI is InChI=1S/C15H21N3O2S/c1-10(18(2)9-11-5-3-6-12(11)19)15-16-14(17-20-15)13-7-4-8-21-13/h4,7-8,10-12,19H,3,5-6,9H2,1-2H3. The van der Waals surface area contributed by atoms with E-state index in [0.717, 1.165) is 30.7 Å². The van der Waals surface area contributed by atoms with Crippen molar-refractivity contribution in [2.24, 2.45) is 5.92 Å². The molecule has 2 heterocycles. The first-order valence-corrected chi connectivity index (χ1v) is 8.29. The maximum absolute atomic E-state index is 9.94. The summed E-state index contributed by atoms with van der Waals surface area (Å²) in [6.07, 6.45) is 2.99. The van der Waals surface area contributed by atoms with Gasteiger partial charge in [0.1, 0.15) is 0 Å². The lowest BCUT2D eigenvalue weighted by Gasteiger charge is -2.26. The molecule has 0 radical (unpaired) electrons. The quantitative estimate of drug-likeness (QED) is 0.920. The van der Waals surface area contributed by atoms with Crippen LogP contribution in [0.1, 0.15) is 38.1 Å².